The fraction of sp³-hybridized carbons (Fsp3) is 0.308. The molecule has 1 amide bonds. The Hall–Kier alpha value is -2.01. The van der Waals surface area contributed by atoms with E-state index in [1.165, 1.54) is 6.20 Å². The normalized spacial score (nSPS) is 9.67. The Morgan fingerprint density at radius 1 is 1.22 bits per heavy atom. The van der Waals surface area contributed by atoms with Gasteiger partial charge in [0.25, 0.3) is 5.91 Å². The second-order valence-electron chi connectivity index (χ2n) is 3.57. The third kappa shape index (κ3) is 4.10. The number of hydrogen-bond donors (Lipinski definition) is 2. The van der Waals surface area contributed by atoms with Crippen LogP contribution in [-0.2, 0) is 0 Å². The number of amides is 1. The van der Waals surface area contributed by atoms with E-state index < -0.39 is 5.91 Å². The van der Waals surface area contributed by atoms with Crippen molar-refractivity contribution in [2.24, 2.45) is 5.73 Å². The molecular formula is C13H18N4O. The maximum atomic E-state index is 10.8. The predicted octanol–water partition coefficient (Wildman–Crippen LogP) is 1.34. The summed E-state index contributed by atoms with van der Waals surface area (Å²) in [5.41, 5.74) is 6.69. The molecule has 0 unspecified atom stereocenters. The van der Waals surface area contributed by atoms with Crippen molar-refractivity contribution in [2.75, 3.05) is 13.1 Å². The third-order valence-corrected chi connectivity index (χ3v) is 2.20. The molecule has 0 bridgehead atoms. The van der Waals surface area contributed by atoms with Gasteiger partial charge >= 0.3 is 0 Å². The van der Waals surface area contributed by atoms with Crippen molar-refractivity contribution in [1.82, 2.24) is 15.3 Å². The van der Waals surface area contributed by atoms with Crippen LogP contribution in [0.25, 0.3) is 11.0 Å². The van der Waals surface area contributed by atoms with Crippen molar-refractivity contribution in [2.45, 2.75) is 13.8 Å². The molecule has 0 saturated carbocycles. The zero-order valence-electron chi connectivity index (χ0n) is 10.7. The molecule has 0 aliphatic rings. The number of rotatable bonds is 3. The molecule has 0 atom stereocenters. The van der Waals surface area contributed by atoms with Gasteiger partial charge in [-0.05, 0) is 25.2 Å². The molecule has 0 radical (unpaired) electrons. The summed E-state index contributed by atoms with van der Waals surface area (Å²) in [5.74, 6) is -0.557. The second kappa shape index (κ2) is 7.34. The number of para-hydroxylation sites is 2. The minimum absolute atomic E-state index is 0.193. The predicted molar refractivity (Wildman–Crippen MR) is 72.3 cm³/mol. The van der Waals surface area contributed by atoms with E-state index in [-0.39, 0.29) is 5.69 Å². The van der Waals surface area contributed by atoms with Crippen molar-refractivity contribution in [3.05, 3.63) is 36.2 Å². The van der Waals surface area contributed by atoms with E-state index in [2.05, 4.69) is 29.1 Å². The van der Waals surface area contributed by atoms with Crippen LogP contribution >= 0.6 is 0 Å². The van der Waals surface area contributed by atoms with E-state index in [1.54, 1.807) is 6.07 Å². The fourth-order valence-corrected chi connectivity index (χ4v) is 1.33. The van der Waals surface area contributed by atoms with Crippen molar-refractivity contribution in [3.8, 4) is 0 Å². The molecule has 5 heteroatoms. The quantitative estimate of drug-likeness (QED) is 0.856. The van der Waals surface area contributed by atoms with E-state index in [4.69, 9.17) is 5.73 Å². The van der Waals surface area contributed by atoms with Gasteiger partial charge in [0.15, 0.2) is 0 Å². The first-order valence-corrected chi connectivity index (χ1v) is 5.91. The van der Waals surface area contributed by atoms with Gasteiger partial charge in [0.2, 0.25) is 0 Å². The summed E-state index contributed by atoms with van der Waals surface area (Å²) in [6.45, 7) is 6.39. The lowest BCUT2D eigenvalue weighted by Gasteiger charge is -1.97. The molecule has 1 aromatic heterocycles. The van der Waals surface area contributed by atoms with Gasteiger partial charge in [-0.2, -0.15) is 0 Å². The molecule has 0 fully saturated rings. The van der Waals surface area contributed by atoms with E-state index in [0.717, 1.165) is 18.6 Å². The first-order chi connectivity index (χ1) is 8.69. The highest BCUT2D eigenvalue weighted by atomic mass is 16.1. The van der Waals surface area contributed by atoms with Crippen molar-refractivity contribution < 1.29 is 4.79 Å². The number of carbonyl (C=O) groups excluding carboxylic acids is 1. The number of hydrogen-bond acceptors (Lipinski definition) is 4. The minimum Gasteiger partial charge on any atom is -0.364 e. The standard InChI is InChI=1S/C9H7N3O.C4H11N/c10-9(13)8-5-11-6-3-1-2-4-7(6)12-8;1-3-5-4-2/h1-5H,(H2,10,13);5H,3-4H2,1-2H3. The molecule has 18 heavy (non-hydrogen) atoms. The van der Waals surface area contributed by atoms with E-state index in [1.807, 2.05) is 18.2 Å². The zero-order valence-corrected chi connectivity index (χ0v) is 10.7. The number of primary amides is 1. The highest BCUT2D eigenvalue weighted by Crippen LogP contribution is 2.07. The SMILES string of the molecule is CCNCC.NC(=O)c1cnc2ccccc2n1. The first kappa shape index (κ1) is 14.1. The summed E-state index contributed by atoms with van der Waals surface area (Å²) in [6.07, 6.45) is 1.38. The summed E-state index contributed by atoms with van der Waals surface area (Å²) >= 11 is 0. The summed E-state index contributed by atoms with van der Waals surface area (Å²) in [7, 11) is 0. The molecule has 1 heterocycles. The lowest BCUT2D eigenvalue weighted by atomic mass is 10.3. The molecular weight excluding hydrogens is 228 g/mol. The molecule has 96 valence electrons. The second-order valence-corrected chi connectivity index (χ2v) is 3.57. The Balaban J connectivity index is 0.000000280. The molecule has 2 aromatic rings. The average Bonchev–Trinajstić information content (AvgIpc) is 2.40. The zero-order chi connectivity index (χ0) is 13.4. The van der Waals surface area contributed by atoms with Crippen LogP contribution in [0.1, 0.15) is 24.3 Å². The number of nitrogens with two attached hydrogens (primary N) is 1. The van der Waals surface area contributed by atoms with Crippen molar-refractivity contribution in [3.63, 3.8) is 0 Å². The maximum absolute atomic E-state index is 10.8. The Kier molecular flexibility index (Phi) is 5.73. The fourth-order valence-electron chi connectivity index (χ4n) is 1.33. The van der Waals surface area contributed by atoms with Crippen LogP contribution in [-0.4, -0.2) is 29.0 Å². The number of benzene rings is 1. The average molecular weight is 246 g/mol. The summed E-state index contributed by atoms with van der Waals surface area (Å²) < 4.78 is 0. The van der Waals surface area contributed by atoms with Gasteiger partial charge in [-0.25, -0.2) is 4.98 Å². The lowest BCUT2D eigenvalue weighted by molar-refractivity contribution is 0.0995. The van der Waals surface area contributed by atoms with Gasteiger partial charge in [-0.15, -0.1) is 0 Å². The summed E-state index contributed by atoms with van der Waals surface area (Å²) in [6, 6.07) is 7.31. The Morgan fingerprint density at radius 3 is 2.33 bits per heavy atom. The smallest absolute Gasteiger partial charge is 0.268 e. The van der Waals surface area contributed by atoms with Crippen LogP contribution in [0, 0.1) is 0 Å². The summed E-state index contributed by atoms with van der Waals surface area (Å²) in [5, 5.41) is 3.11. The highest BCUT2D eigenvalue weighted by Gasteiger charge is 2.03. The van der Waals surface area contributed by atoms with E-state index in [9.17, 15) is 4.79 Å². The molecule has 3 N–H and O–H groups in total. The van der Waals surface area contributed by atoms with Gasteiger partial charge in [0.1, 0.15) is 5.69 Å². The number of carbonyl (C=O) groups is 1. The van der Waals surface area contributed by atoms with Crippen LogP contribution in [0.2, 0.25) is 0 Å². The highest BCUT2D eigenvalue weighted by molar-refractivity contribution is 5.92. The molecule has 1 aromatic carbocycles. The molecule has 0 aliphatic carbocycles. The summed E-state index contributed by atoms with van der Waals surface area (Å²) in [4.78, 5) is 18.8. The van der Waals surface area contributed by atoms with Gasteiger partial charge in [0, 0.05) is 0 Å². The third-order valence-electron chi connectivity index (χ3n) is 2.20. The topological polar surface area (TPSA) is 80.9 Å². The number of fused-ring (bicyclic) bond motifs is 1. The lowest BCUT2D eigenvalue weighted by Crippen LogP contribution is -2.13. The molecule has 0 saturated heterocycles. The van der Waals surface area contributed by atoms with Crippen LogP contribution in [0.5, 0.6) is 0 Å². The van der Waals surface area contributed by atoms with Crippen molar-refractivity contribution >= 4 is 16.9 Å². The van der Waals surface area contributed by atoms with E-state index in [0.29, 0.717) is 5.52 Å². The Bertz CT molecular complexity index is 511. The van der Waals surface area contributed by atoms with Gasteiger partial charge in [0.05, 0.1) is 17.2 Å². The number of nitrogens with one attached hydrogen (secondary N) is 1. The van der Waals surface area contributed by atoms with Gasteiger partial charge in [-0.1, -0.05) is 26.0 Å². The Labute approximate surface area is 106 Å². The molecule has 5 nitrogen and oxygen atoms in total. The monoisotopic (exact) mass is 246 g/mol. The maximum Gasteiger partial charge on any atom is 0.268 e. The van der Waals surface area contributed by atoms with E-state index >= 15 is 0 Å². The van der Waals surface area contributed by atoms with Crippen LogP contribution in [0.4, 0.5) is 0 Å². The van der Waals surface area contributed by atoms with Crippen LogP contribution in [0.15, 0.2) is 30.5 Å². The number of nitrogens with zero attached hydrogens (tertiary/aromatic N) is 2. The van der Waals surface area contributed by atoms with Crippen molar-refractivity contribution in [1.29, 1.82) is 0 Å². The van der Waals surface area contributed by atoms with Crippen LogP contribution in [0.3, 0.4) is 0 Å². The molecule has 2 rings (SSSR count). The van der Waals surface area contributed by atoms with Crippen LogP contribution < -0.4 is 11.1 Å². The Morgan fingerprint density at radius 2 is 1.83 bits per heavy atom. The van der Waals surface area contributed by atoms with Gasteiger partial charge in [-0.3, -0.25) is 9.78 Å². The minimum atomic E-state index is -0.557. The number of aromatic nitrogens is 2. The molecule has 0 aliphatic heterocycles. The van der Waals surface area contributed by atoms with Gasteiger partial charge < -0.3 is 11.1 Å². The first-order valence-electron chi connectivity index (χ1n) is 5.91. The molecule has 0 spiro atoms. The largest absolute Gasteiger partial charge is 0.364 e.